The predicted octanol–water partition coefficient (Wildman–Crippen LogP) is 3.57. The molecule has 0 aliphatic carbocycles. The van der Waals surface area contributed by atoms with Crippen LogP contribution in [-0.2, 0) is 16.4 Å². The van der Waals surface area contributed by atoms with Crippen LogP contribution < -0.4 is 9.62 Å². The minimum absolute atomic E-state index is 0.0540. The highest BCUT2D eigenvalue weighted by molar-refractivity contribution is 7.92. The van der Waals surface area contributed by atoms with E-state index in [2.05, 4.69) is 31.9 Å². The van der Waals surface area contributed by atoms with Gasteiger partial charge in [-0.2, -0.15) is 0 Å². The molecule has 0 amide bonds. The van der Waals surface area contributed by atoms with Crippen molar-refractivity contribution in [2.24, 2.45) is 0 Å². The highest BCUT2D eigenvalue weighted by Gasteiger charge is 2.25. The lowest BCUT2D eigenvalue weighted by Crippen LogP contribution is -2.24. The molecule has 0 saturated carbocycles. The van der Waals surface area contributed by atoms with Crippen molar-refractivity contribution < 1.29 is 12.9 Å². The zero-order valence-corrected chi connectivity index (χ0v) is 16.0. The molecule has 1 aliphatic rings. The monoisotopic (exact) mass is 384 g/mol. The third-order valence-corrected chi connectivity index (χ3v) is 6.24. The highest BCUT2D eigenvalue weighted by atomic mass is 32.2. The Kier molecular flexibility index (Phi) is 4.35. The second-order valence-corrected chi connectivity index (χ2v) is 8.16. The largest absolute Gasteiger partial charge is 0.360 e. The minimum Gasteiger partial charge on any atom is -0.360 e. The van der Waals surface area contributed by atoms with Gasteiger partial charge in [-0.1, -0.05) is 23.4 Å². The van der Waals surface area contributed by atoms with E-state index in [4.69, 9.17) is 4.52 Å². The van der Waals surface area contributed by atoms with Gasteiger partial charge in [0.05, 0.1) is 11.9 Å². The van der Waals surface area contributed by atoms with Crippen LogP contribution in [0.1, 0.15) is 23.4 Å². The summed E-state index contributed by atoms with van der Waals surface area (Å²) in [6, 6.07) is 11.9. The van der Waals surface area contributed by atoms with Crippen molar-refractivity contribution in [3.63, 3.8) is 0 Å². The van der Waals surface area contributed by atoms with Gasteiger partial charge in [-0.3, -0.25) is 4.72 Å². The Hall–Kier alpha value is -2.87. The summed E-state index contributed by atoms with van der Waals surface area (Å²) in [6.45, 7) is 4.07. The summed E-state index contributed by atoms with van der Waals surface area (Å²) < 4.78 is 32.6. The first-order valence-electron chi connectivity index (χ1n) is 8.73. The van der Waals surface area contributed by atoms with Gasteiger partial charge in [0.25, 0.3) is 10.0 Å². The molecule has 0 spiro atoms. The van der Waals surface area contributed by atoms with Crippen molar-refractivity contribution in [1.29, 1.82) is 0 Å². The number of nitrogens with zero attached hydrogens (tertiary/aromatic N) is 3. The highest BCUT2D eigenvalue weighted by Crippen LogP contribution is 2.33. The molecule has 3 aromatic rings. The van der Waals surface area contributed by atoms with E-state index in [0.717, 1.165) is 25.1 Å². The summed E-state index contributed by atoms with van der Waals surface area (Å²) in [7, 11) is -3.80. The lowest BCUT2D eigenvalue weighted by molar-refractivity contribution is 0.390. The smallest absolute Gasteiger partial charge is 0.268 e. The molecular weight excluding hydrogens is 364 g/mol. The number of para-hydroxylation sites is 1. The fraction of sp³-hybridized carbons (Fsp3) is 0.263. The first-order chi connectivity index (χ1) is 13.0. The molecule has 0 radical (unpaired) electrons. The molecule has 140 valence electrons. The number of anilines is 3. The van der Waals surface area contributed by atoms with E-state index in [1.54, 1.807) is 26.1 Å². The molecule has 4 rings (SSSR count). The Labute approximate surface area is 158 Å². The molecule has 2 aromatic heterocycles. The second kappa shape index (κ2) is 6.70. The molecule has 1 aliphatic heterocycles. The first kappa shape index (κ1) is 17.5. The lowest BCUT2D eigenvalue weighted by atomic mass is 10.0. The van der Waals surface area contributed by atoms with Crippen molar-refractivity contribution in [3.05, 3.63) is 59.6 Å². The van der Waals surface area contributed by atoms with Gasteiger partial charge in [0.1, 0.15) is 11.5 Å². The van der Waals surface area contributed by atoms with Crippen LogP contribution in [0.2, 0.25) is 0 Å². The number of aryl methyl sites for hydroxylation is 3. The summed E-state index contributed by atoms with van der Waals surface area (Å²) in [6.07, 6.45) is 3.82. The van der Waals surface area contributed by atoms with Crippen LogP contribution in [0.3, 0.4) is 0 Å². The number of nitrogens with one attached hydrogen (secondary N) is 1. The van der Waals surface area contributed by atoms with Gasteiger partial charge < -0.3 is 9.42 Å². The van der Waals surface area contributed by atoms with Crippen molar-refractivity contribution in [1.82, 2.24) is 10.1 Å². The third-order valence-electron chi connectivity index (χ3n) is 4.65. The topological polar surface area (TPSA) is 88.3 Å². The fourth-order valence-electron chi connectivity index (χ4n) is 3.45. The van der Waals surface area contributed by atoms with Crippen LogP contribution in [0.15, 0.2) is 52.0 Å². The van der Waals surface area contributed by atoms with Crippen LogP contribution in [0.25, 0.3) is 0 Å². The van der Waals surface area contributed by atoms with Gasteiger partial charge in [-0.05, 0) is 50.5 Å². The summed E-state index contributed by atoms with van der Waals surface area (Å²) in [5.41, 5.74) is 3.74. The van der Waals surface area contributed by atoms with E-state index in [-0.39, 0.29) is 16.5 Å². The summed E-state index contributed by atoms with van der Waals surface area (Å²) in [4.78, 5) is 6.56. The third kappa shape index (κ3) is 3.28. The quantitative estimate of drug-likeness (QED) is 0.740. The normalized spacial score (nSPS) is 14.1. The molecule has 7 nitrogen and oxygen atoms in total. The number of rotatable bonds is 4. The molecule has 0 bridgehead atoms. The van der Waals surface area contributed by atoms with E-state index in [1.807, 2.05) is 18.2 Å². The minimum atomic E-state index is -3.80. The lowest BCUT2D eigenvalue weighted by Gasteiger charge is -2.31. The number of pyridine rings is 1. The van der Waals surface area contributed by atoms with Gasteiger partial charge in [0.2, 0.25) is 0 Å². The number of sulfonamides is 1. The van der Waals surface area contributed by atoms with Crippen LogP contribution >= 0.6 is 0 Å². The average molecular weight is 384 g/mol. The molecule has 0 atom stereocenters. The number of aromatic nitrogens is 2. The molecule has 8 heteroatoms. The molecule has 0 fully saturated rings. The van der Waals surface area contributed by atoms with Gasteiger partial charge in [0.15, 0.2) is 10.7 Å². The van der Waals surface area contributed by atoms with Crippen LogP contribution in [-0.4, -0.2) is 25.1 Å². The van der Waals surface area contributed by atoms with Crippen LogP contribution in [0.4, 0.5) is 17.2 Å². The number of hydrogen-bond acceptors (Lipinski definition) is 6. The zero-order chi connectivity index (χ0) is 19.0. The van der Waals surface area contributed by atoms with Gasteiger partial charge in [0, 0.05) is 12.2 Å². The van der Waals surface area contributed by atoms with Gasteiger partial charge >= 0.3 is 0 Å². The van der Waals surface area contributed by atoms with Crippen LogP contribution in [0, 0.1) is 13.8 Å². The zero-order valence-electron chi connectivity index (χ0n) is 15.1. The molecule has 1 N–H and O–H groups in total. The van der Waals surface area contributed by atoms with E-state index in [9.17, 15) is 8.42 Å². The Morgan fingerprint density at radius 3 is 2.67 bits per heavy atom. The Bertz CT molecular complexity index is 1060. The Balaban J connectivity index is 1.59. The molecule has 0 saturated heterocycles. The average Bonchev–Trinajstić information content (AvgIpc) is 3.01. The molecular formula is C19H20N4O3S. The number of benzene rings is 1. The van der Waals surface area contributed by atoms with Gasteiger partial charge in [-0.15, -0.1) is 0 Å². The van der Waals surface area contributed by atoms with Crippen LogP contribution in [0.5, 0.6) is 0 Å². The Morgan fingerprint density at radius 1 is 1.15 bits per heavy atom. The van der Waals surface area contributed by atoms with E-state index >= 15 is 0 Å². The molecule has 3 heterocycles. The maximum Gasteiger partial charge on any atom is 0.268 e. The fourth-order valence-corrected chi connectivity index (χ4v) is 4.79. The molecule has 27 heavy (non-hydrogen) atoms. The van der Waals surface area contributed by atoms with E-state index < -0.39 is 10.0 Å². The van der Waals surface area contributed by atoms with E-state index in [0.29, 0.717) is 5.69 Å². The number of hydrogen-bond donors (Lipinski definition) is 1. The van der Waals surface area contributed by atoms with Gasteiger partial charge in [-0.25, -0.2) is 13.4 Å². The summed E-state index contributed by atoms with van der Waals surface area (Å²) >= 11 is 0. The van der Waals surface area contributed by atoms with Crippen molar-refractivity contribution >= 4 is 27.2 Å². The summed E-state index contributed by atoms with van der Waals surface area (Å²) in [5.74, 6) is 0.505. The molecule has 0 unspecified atom stereocenters. The van der Waals surface area contributed by atoms with Crippen molar-refractivity contribution in [3.8, 4) is 0 Å². The Morgan fingerprint density at radius 2 is 1.96 bits per heavy atom. The number of fused-ring (bicyclic) bond motifs is 1. The summed E-state index contributed by atoms with van der Waals surface area (Å²) in [5, 5.41) is 3.70. The standard InChI is InChI=1S/C19H20N4O3S/c1-13-19(14(2)26-21-13)27(24,25)22-18-10-9-16(12-20-18)23-11-5-7-15-6-3-4-8-17(15)23/h3-4,6,8-10,12H,5,7,11H2,1-2H3,(H,20,22). The van der Waals surface area contributed by atoms with Crippen molar-refractivity contribution in [2.75, 3.05) is 16.2 Å². The van der Waals surface area contributed by atoms with Crippen molar-refractivity contribution in [2.45, 2.75) is 31.6 Å². The first-order valence-corrected chi connectivity index (χ1v) is 10.2. The SMILES string of the molecule is Cc1noc(C)c1S(=O)(=O)Nc1ccc(N2CCCc3ccccc32)cn1. The molecule has 1 aromatic carbocycles. The maximum atomic E-state index is 12.6. The maximum absolute atomic E-state index is 12.6. The van der Waals surface area contributed by atoms with E-state index in [1.165, 1.54) is 11.3 Å². The predicted molar refractivity (Wildman–Crippen MR) is 103 cm³/mol. The second-order valence-electron chi connectivity index (χ2n) is 6.54.